The maximum absolute atomic E-state index is 12.8. The van der Waals surface area contributed by atoms with Crippen molar-refractivity contribution in [2.24, 2.45) is 0 Å². The Kier molecular flexibility index (Phi) is 6.77. The fourth-order valence-corrected chi connectivity index (χ4v) is 5.13. The number of hydrogen-bond donors (Lipinski definition) is 1. The molecular weight excluding hydrogens is 433 g/mol. The Bertz CT molecular complexity index is 1040. The van der Waals surface area contributed by atoms with Crippen LogP contribution in [0.5, 0.6) is 5.75 Å². The van der Waals surface area contributed by atoms with E-state index in [9.17, 15) is 18.0 Å². The Morgan fingerprint density at radius 3 is 2.43 bits per heavy atom. The van der Waals surface area contributed by atoms with Gasteiger partial charge in [0, 0.05) is 15.5 Å². The molecule has 1 N–H and O–H groups in total. The molecule has 0 atom stereocenters. The number of rotatable bonds is 7. The van der Waals surface area contributed by atoms with Gasteiger partial charge in [0.25, 0.3) is 0 Å². The van der Waals surface area contributed by atoms with Crippen molar-refractivity contribution in [1.82, 2.24) is 0 Å². The lowest BCUT2D eigenvalue weighted by molar-refractivity contribution is -0.139. The molecule has 0 amide bonds. The highest BCUT2D eigenvalue weighted by molar-refractivity contribution is 7.98. The second-order valence-corrected chi connectivity index (χ2v) is 8.68. The Morgan fingerprint density at radius 2 is 1.83 bits per heavy atom. The second-order valence-electron chi connectivity index (χ2n) is 6.67. The van der Waals surface area contributed by atoms with E-state index in [1.807, 2.05) is 31.4 Å². The van der Waals surface area contributed by atoms with Crippen LogP contribution >= 0.6 is 23.1 Å². The van der Waals surface area contributed by atoms with Crippen LogP contribution in [0.15, 0.2) is 52.7 Å². The summed E-state index contributed by atoms with van der Waals surface area (Å²) in [5.41, 5.74) is 2.97. The third-order valence-corrected chi connectivity index (χ3v) is 6.82. The summed E-state index contributed by atoms with van der Waals surface area (Å²) < 4.78 is 43.5. The van der Waals surface area contributed by atoms with Crippen molar-refractivity contribution in [2.75, 3.05) is 6.61 Å². The number of aryl methyl sites for hydroxylation is 1. The molecule has 0 radical (unpaired) electrons. The molecule has 1 heterocycles. The van der Waals surface area contributed by atoms with Crippen molar-refractivity contribution >= 4 is 29.1 Å². The predicted octanol–water partition coefficient (Wildman–Crippen LogP) is 6.81. The number of thiophene rings is 1. The van der Waals surface area contributed by atoms with E-state index in [1.54, 1.807) is 29.2 Å². The van der Waals surface area contributed by atoms with Crippen molar-refractivity contribution in [3.05, 3.63) is 69.4 Å². The van der Waals surface area contributed by atoms with E-state index in [2.05, 4.69) is 0 Å². The Hall–Kier alpha value is -2.45. The highest BCUT2D eigenvalue weighted by Crippen LogP contribution is 2.37. The summed E-state index contributed by atoms with van der Waals surface area (Å²) in [5.74, 6) is 0.245. The minimum absolute atomic E-state index is 0.381. The maximum Gasteiger partial charge on any atom is 0.416 e. The molecule has 0 aliphatic rings. The van der Waals surface area contributed by atoms with Crippen molar-refractivity contribution in [1.29, 1.82) is 0 Å². The van der Waals surface area contributed by atoms with Crippen LogP contribution in [0, 0.1) is 13.8 Å². The summed E-state index contributed by atoms with van der Waals surface area (Å²) in [7, 11) is 0. The summed E-state index contributed by atoms with van der Waals surface area (Å²) in [6, 6.07) is 10.8. The minimum Gasteiger partial charge on any atom is -0.482 e. The van der Waals surface area contributed by atoms with Crippen LogP contribution in [0.1, 0.15) is 21.6 Å². The highest BCUT2D eigenvalue weighted by Gasteiger charge is 2.30. The number of alkyl halides is 3. The van der Waals surface area contributed by atoms with E-state index in [1.165, 1.54) is 12.1 Å². The lowest BCUT2D eigenvalue weighted by atomic mass is 10.0. The highest BCUT2D eigenvalue weighted by atomic mass is 32.2. The molecule has 0 aliphatic heterocycles. The molecule has 0 aliphatic carbocycles. The molecule has 158 valence electrons. The van der Waals surface area contributed by atoms with Gasteiger partial charge in [0.2, 0.25) is 0 Å². The monoisotopic (exact) mass is 452 g/mol. The fraction of sp³-hybridized carbons (Fsp3) is 0.227. The van der Waals surface area contributed by atoms with E-state index in [-0.39, 0.29) is 6.61 Å². The molecule has 3 aromatic rings. The SMILES string of the molecule is Cc1cc(SCc2scc(-c3ccc(C(F)(F)F)cc3)c2C)ccc1OCC(=O)O. The number of benzene rings is 2. The number of thioether (sulfide) groups is 1. The molecule has 3 rings (SSSR count). The average Bonchev–Trinajstić information content (AvgIpc) is 3.05. The van der Waals surface area contributed by atoms with Gasteiger partial charge >= 0.3 is 12.1 Å². The first-order chi connectivity index (χ1) is 14.1. The largest absolute Gasteiger partial charge is 0.482 e. The van der Waals surface area contributed by atoms with E-state index < -0.39 is 17.7 Å². The summed E-state index contributed by atoms with van der Waals surface area (Å²) >= 11 is 3.22. The van der Waals surface area contributed by atoms with Crippen LogP contribution in [-0.4, -0.2) is 17.7 Å². The molecule has 0 unspecified atom stereocenters. The van der Waals surface area contributed by atoms with Gasteiger partial charge < -0.3 is 9.84 Å². The van der Waals surface area contributed by atoms with Crippen LogP contribution < -0.4 is 4.74 Å². The van der Waals surface area contributed by atoms with Gasteiger partial charge in [0.1, 0.15) is 5.75 Å². The summed E-state index contributed by atoms with van der Waals surface area (Å²) in [5, 5.41) is 10.7. The van der Waals surface area contributed by atoms with Crippen LogP contribution in [0.25, 0.3) is 11.1 Å². The molecule has 8 heteroatoms. The van der Waals surface area contributed by atoms with Gasteiger partial charge in [0.15, 0.2) is 6.61 Å². The fourth-order valence-electron chi connectivity index (χ4n) is 2.88. The van der Waals surface area contributed by atoms with Gasteiger partial charge in [-0.3, -0.25) is 0 Å². The Labute approximate surface area is 180 Å². The number of ether oxygens (including phenoxy) is 1. The molecule has 0 bridgehead atoms. The molecule has 3 nitrogen and oxygen atoms in total. The first-order valence-corrected chi connectivity index (χ1v) is 10.8. The predicted molar refractivity (Wildman–Crippen MR) is 113 cm³/mol. The zero-order valence-electron chi connectivity index (χ0n) is 16.2. The number of carboxylic acid groups (broad SMARTS) is 1. The quantitative estimate of drug-likeness (QED) is 0.400. The van der Waals surface area contributed by atoms with Crippen LogP contribution in [0.4, 0.5) is 13.2 Å². The van der Waals surface area contributed by atoms with E-state index in [4.69, 9.17) is 9.84 Å². The number of aliphatic carboxylic acids is 1. The van der Waals surface area contributed by atoms with Gasteiger partial charge in [0.05, 0.1) is 5.56 Å². The lowest BCUT2D eigenvalue weighted by Gasteiger charge is -2.09. The van der Waals surface area contributed by atoms with Gasteiger partial charge in [-0.25, -0.2) is 4.79 Å². The van der Waals surface area contributed by atoms with Gasteiger partial charge in [-0.2, -0.15) is 13.2 Å². The van der Waals surface area contributed by atoms with Crippen molar-refractivity contribution in [3.63, 3.8) is 0 Å². The third-order valence-electron chi connectivity index (χ3n) is 4.53. The lowest BCUT2D eigenvalue weighted by Crippen LogP contribution is -2.09. The van der Waals surface area contributed by atoms with E-state index in [0.29, 0.717) is 5.75 Å². The molecule has 30 heavy (non-hydrogen) atoms. The van der Waals surface area contributed by atoms with Crippen LogP contribution in [0.2, 0.25) is 0 Å². The summed E-state index contributed by atoms with van der Waals surface area (Å²) in [6.45, 7) is 3.46. The normalized spacial score (nSPS) is 11.5. The van der Waals surface area contributed by atoms with Gasteiger partial charge in [-0.15, -0.1) is 23.1 Å². The molecule has 1 aromatic heterocycles. The van der Waals surface area contributed by atoms with Gasteiger partial charge in [-0.1, -0.05) is 12.1 Å². The zero-order valence-corrected chi connectivity index (χ0v) is 17.9. The standard InChI is InChI=1S/C22H19F3O3S2/c1-13-9-17(7-8-19(13)28-10-21(26)27)29-12-20-14(2)18(11-30-20)15-3-5-16(6-4-15)22(23,24)25/h3-9,11H,10,12H2,1-2H3,(H,26,27). The van der Waals surface area contributed by atoms with Crippen molar-refractivity contribution in [2.45, 2.75) is 30.7 Å². The maximum atomic E-state index is 12.8. The molecule has 0 saturated carbocycles. The van der Waals surface area contributed by atoms with Crippen molar-refractivity contribution < 1.29 is 27.8 Å². The van der Waals surface area contributed by atoms with E-state index >= 15 is 0 Å². The second kappa shape index (κ2) is 9.14. The minimum atomic E-state index is -4.34. The molecule has 0 fully saturated rings. The first-order valence-electron chi connectivity index (χ1n) is 8.98. The average molecular weight is 453 g/mol. The summed E-state index contributed by atoms with van der Waals surface area (Å²) in [4.78, 5) is 12.8. The molecule has 0 spiro atoms. The number of carboxylic acids is 1. The first kappa shape index (κ1) is 22.2. The Morgan fingerprint density at radius 1 is 1.13 bits per heavy atom. The zero-order chi connectivity index (χ0) is 21.9. The molecule has 2 aromatic carbocycles. The van der Waals surface area contributed by atoms with Crippen LogP contribution in [-0.2, 0) is 16.7 Å². The smallest absolute Gasteiger partial charge is 0.416 e. The number of halogens is 3. The van der Waals surface area contributed by atoms with Crippen molar-refractivity contribution in [3.8, 4) is 16.9 Å². The van der Waals surface area contributed by atoms with Gasteiger partial charge in [-0.05, 0) is 71.8 Å². The number of carbonyl (C=O) groups is 1. The number of hydrogen-bond acceptors (Lipinski definition) is 4. The molecule has 0 saturated heterocycles. The molecular formula is C22H19F3O3S2. The summed E-state index contributed by atoms with van der Waals surface area (Å²) in [6.07, 6.45) is -4.34. The van der Waals surface area contributed by atoms with Crippen LogP contribution in [0.3, 0.4) is 0 Å². The topological polar surface area (TPSA) is 46.5 Å². The Balaban J connectivity index is 1.68. The third kappa shape index (κ3) is 5.37. The van der Waals surface area contributed by atoms with E-state index in [0.717, 1.165) is 49.9 Å².